The molecule has 2 heteroatoms. The van der Waals surface area contributed by atoms with Crippen molar-refractivity contribution in [1.29, 1.82) is 0 Å². The van der Waals surface area contributed by atoms with Gasteiger partial charge in [-0.1, -0.05) is 41.3 Å². The van der Waals surface area contributed by atoms with Crippen LogP contribution in [-0.4, -0.2) is 7.11 Å². The third-order valence-corrected chi connectivity index (χ3v) is 3.94. The fraction of sp³-hybridized carbons (Fsp3) is 0.538. The topological polar surface area (TPSA) is 9.23 Å². The first-order chi connectivity index (χ1) is 7.31. The van der Waals surface area contributed by atoms with Crippen LogP contribution in [-0.2, 0) is 0 Å². The van der Waals surface area contributed by atoms with E-state index in [2.05, 4.69) is 34.1 Å². The highest BCUT2D eigenvalue weighted by molar-refractivity contribution is 9.10. The number of hydrogen-bond acceptors (Lipinski definition) is 1. The Morgan fingerprint density at radius 1 is 1.20 bits per heavy atom. The number of rotatable bonds is 2. The number of halogens is 1. The fourth-order valence-electron chi connectivity index (χ4n) is 2.38. The Balaban J connectivity index is 2.19. The Kier molecular flexibility index (Phi) is 3.68. The maximum absolute atomic E-state index is 5.21. The zero-order valence-corrected chi connectivity index (χ0v) is 10.7. The molecule has 1 nitrogen and oxygen atoms in total. The molecule has 1 aromatic carbocycles. The summed E-state index contributed by atoms with van der Waals surface area (Å²) in [6, 6.07) is 6.34. The van der Waals surface area contributed by atoms with Crippen molar-refractivity contribution in [3.8, 4) is 5.75 Å². The van der Waals surface area contributed by atoms with Crippen molar-refractivity contribution < 1.29 is 4.74 Å². The fourth-order valence-corrected chi connectivity index (χ4v) is 3.06. The summed E-state index contributed by atoms with van der Waals surface area (Å²) in [5, 5.41) is 0. The summed E-state index contributed by atoms with van der Waals surface area (Å²) in [5.74, 6) is 1.68. The van der Waals surface area contributed by atoms with E-state index >= 15 is 0 Å². The van der Waals surface area contributed by atoms with E-state index in [9.17, 15) is 0 Å². The molecule has 0 atom stereocenters. The van der Waals surface area contributed by atoms with E-state index in [0.717, 1.165) is 11.7 Å². The molecule has 1 fully saturated rings. The van der Waals surface area contributed by atoms with Crippen LogP contribution in [0.25, 0.3) is 0 Å². The zero-order valence-electron chi connectivity index (χ0n) is 9.13. The van der Waals surface area contributed by atoms with E-state index in [1.54, 1.807) is 7.11 Å². The minimum absolute atomic E-state index is 0.749. The van der Waals surface area contributed by atoms with Gasteiger partial charge in [-0.2, -0.15) is 0 Å². The number of benzene rings is 1. The lowest BCUT2D eigenvalue weighted by Gasteiger charge is -2.23. The van der Waals surface area contributed by atoms with Crippen molar-refractivity contribution in [1.82, 2.24) is 0 Å². The van der Waals surface area contributed by atoms with Gasteiger partial charge in [0, 0.05) is 4.47 Å². The first-order valence-electron chi connectivity index (χ1n) is 5.64. The van der Waals surface area contributed by atoms with Gasteiger partial charge in [0.25, 0.3) is 0 Å². The Labute approximate surface area is 100.0 Å². The molecule has 0 amide bonds. The minimum atomic E-state index is 0.749. The second-order valence-electron chi connectivity index (χ2n) is 4.22. The van der Waals surface area contributed by atoms with Gasteiger partial charge in [-0.25, -0.2) is 0 Å². The van der Waals surface area contributed by atoms with Gasteiger partial charge in [0.1, 0.15) is 5.75 Å². The first-order valence-corrected chi connectivity index (χ1v) is 6.44. The largest absolute Gasteiger partial charge is 0.497 e. The first kappa shape index (κ1) is 11.0. The summed E-state index contributed by atoms with van der Waals surface area (Å²) in [6.07, 6.45) is 6.84. The average molecular weight is 269 g/mol. The Morgan fingerprint density at radius 2 is 1.93 bits per heavy atom. The summed E-state index contributed by atoms with van der Waals surface area (Å²) < 4.78 is 6.41. The van der Waals surface area contributed by atoms with Crippen molar-refractivity contribution in [3.63, 3.8) is 0 Å². The summed E-state index contributed by atoms with van der Waals surface area (Å²) in [5.41, 5.74) is 1.45. The predicted molar refractivity (Wildman–Crippen MR) is 66.5 cm³/mol. The highest BCUT2D eigenvalue weighted by atomic mass is 79.9. The summed E-state index contributed by atoms with van der Waals surface area (Å²) in [6.45, 7) is 0. The normalized spacial score (nSPS) is 17.7. The number of hydrogen-bond donors (Lipinski definition) is 0. The minimum Gasteiger partial charge on any atom is -0.497 e. The third-order valence-electron chi connectivity index (χ3n) is 3.25. The van der Waals surface area contributed by atoms with E-state index in [1.807, 2.05) is 0 Å². The van der Waals surface area contributed by atoms with Crippen LogP contribution in [0.2, 0.25) is 0 Å². The van der Waals surface area contributed by atoms with Gasteiger partial charge in [-0.15, -0.1) is 0 Å². The van der Waals surface area contributed by atoms with E-state index in [-0.39, 0.29) is 0 Å². The van der Waals surface area contributed by atoms with Crippen LogP contribution >= 0.6 is 15.9 Å². The van der Waals surface area contributed by atoms with Gasteiger partial charge in [-0.05, 0) is 36.5 Å². The monoisotopic (exact) mass is 268 g/mol. The molecule has 82 valence electrons. The SMILES string of the molecule is COc1ccc(C2CCCCC2)c(Br)c1. The van der Waals surface area contributed by atoms with Crippen molar-refractivity contribution in [2.24, 2.45) is 0 Å². The van der Waals surface area contributed by atoms with Crippen molar-refractivity contribution in [2.75, 3.05) is 7.11 Å². The van der Waals surface area contributed by atoms with E-state index in [1.165, 1.54) is 42.1 Å². The molecule has 0 saturated heterocycles. The van der Waals surface area contributed by atoms with Gasteiger partial charge in [0.15, 0.2) is 0 Å². The van der Waals surface area contributed by atoms with Crippen LogP contribution in [0.15, 0.2) is 22.7 Å². The van der Waals surface area contributed by atoms with Crippen LogP contribution in [0.1, 0.15) is 43.6 Å². The molecule has 15 heavy (non-hydrogen) atoms. The van der Waals surface area contributed by atoms with E-state index in [4.69, 9.17) is 4.74 Å². The Bertz CT molecular complexity index is 329. The predicted octanol–water partition coefficient (Wildman–Crippen LogP) is 4.51. The van der Waals surface area contributed by atoms with E-state index in [0.29, 0.717) is 0 Å². The lowest BCUT2D eigenvalue weighted by Crippen LogP contribution is -2.05. The molecule has 1 aliphatic rings. The van der Waals surface area contributed by atoms with Crippen LogP contribution in [0.3, 0.4) is 0 Å². The molecule has 0 aromatic heterocycles. The maximum atomic E-state index is 5.21. The van der Waals surface area contributed by atoms with Gasteiger partial charge >= 0.3 is 0 Å². The molecule has 1 aliphatic carbocycles. The lowest BCUT2D eigenvalue weighted by atomic mass is 9.84. The molecule has 0 unspecified atom stereocenters. The van der Waals surface area contributed by atoms with Crippen molar-refractivity contribution in [2.45, 2.75) is 38.0 Å². The van der Waals surface area contributed by atoms with Gasteiger partial charge in [-0.3, -0.25) is 0 Å². The summed E-state index contributed by atoms with van der Waals surface area (Å²) in [4.78, 5) is 0. The molecular formula is C13H17BrO. The molecule has 1 aromatic rings. The molecule has 2 rings (SSSR count). The average Bonchev–Trinajstić information content (AvgIpc) is 2.30. The third kappa shape index (κ3) is 2.54. The van der Waals surface area contributed by atoms with Crippen LogP contribution in [0, 0.1) is 0 Å². The van der Waals surface area contributed by atoms with Crippen molar-refractivity contribution >= 4 is 15.9 Å². The second-order valence-corrected chi connectivity index (χ2v) is 5.08. The molecule has 0 aliphatic heterocycles. The number of ether oxygens (including phenoxy) is 1. The Morgan fingerprint density at radius 3 is 2.53 bits per heavy atom. The molecule has 0 spiro atoms. The molecule has 0 bridgehead atoms. The summed E-state index contributed by atoms with van der Waals surface area (Å²) >= 11 is 3.64. The smallest absolute Gasteiger partial charge is 0.120 e. The molecule has 0 radical (unpaired) electrons. The van der Waals surface area contributed by atoms with Gasteiger partial charge < -0.3 is 4.74 Å². The second kappa shape index (κ2) is 5.02. The Hall–Kier alpha value is -0.500. The maximum Gasteiger partial charge on any atom is 0.120 e. The highest BCUT2D eigenvalue weighted by Crippen LogP contribution is 2.37. The van der Waals surface area contributed by atoms with Crippen molar-refractivity contribution in [3.05, 3.63) is 28.2 Å². The standard InChI is InChI=1S/C13H17BrO/c1-15-11-7-8-12(13(14)9-11)10-5-3-2-4-6-10/h7-10H,2-6H2,1H3. The number of methoxy groups -OCH3 is 1. The molecular weight excluding hydrogens is 252 g/mol. The lowest BCUT2D eigenvalue weighted by molar-refractivity contribution is 0.412. The van der Waals surface area contributed by atoms with E-state index < -0.39 is 0 Å². The highest BCUT2D eigenvalue weighted by Gasteiger charge is 2.17. The van der Waals surface area contributed by atoms with Gasteiger partial charge in [0.2, 0.25) is 0 Å². The van der Waals surface area contributed by atoms with Crippen LogP contribution in [0.5, 0.6) is 5.75 Å². The van der Waals surface area contributed by atoms with Crippen LogP contribution in [0.4, 0.5) is 0 Å². The summed E-state index contributed by atoms with van der Waals surface area (Å²) in [7, 11) is 1.71. The molecule has 0 N–H and O–H groups in total. The zero-order chi connectivity index (χ0) is 10.7. The van der Waals surface area contributed by atoms with Gasteiger partial charge in [0.05, 0.1) is 7.11 Å². The molecule has 1 saturated carbocycles. The van der Waals surface area contributed by atoms with Crippen LogP contribution < -0.4 is 4.74 Å². The molecule has 0 heterocycles. The quantitative estimate of drug-likeness (QED) is 0.767.